The van der Waals surface area contributed by atoms with Gasteiger partial charge in [0.15, 0.2) is 0 Å². The van der Waals surface area contributed by atoms with Crippen LogP contribution in [0.3, 0.4) is 0 Å². The highest BCUT2D eigenvalue weighted by Crippen LogP contribution is 2.29. The van der Waals surface area contributed by atoms with Crippen LogP contribution in [0.2, 0.25) is 0 Å². The quantitative estimate of drug-likeness (QED) is 0.907. The molecule has 0 heterocycles. The molecule has 0 bridgehead atoms. The topological polar surface area (TPSA) is 40.5 Å². The van der Waals surface area contributed by atoms with Gasteiger partial charge in [-0.25, -0.2) is 0 Å². The lowest BCUT2D eigenvalue weighted by atomic mass is 9.89. The molecule has 1 rings (SSSR count). The van der Waals surface area contributed by atoms with Gasteiger partial charge in [0.1, 0.15) is 0 Å². The van der Waals surface area contributed by atoms with Crippen LogP contribution in [-0.2, 0) is 4.79 Å². The number of hydrogen-bond acceptors (Lipinski definition) is 2. The van der Waals surface area contributed by atoms with Gasteiger partial charge in [-0.3, -0.25) is 4.79 Å². The number of amides is 1. The lowest BCUT2D eigenvalue weighted by Gasteiger charge is -2.20. The van der Waals surface area contributed by atoms with E-state index < -0.39 is 6.10 Å². The fourth-order valence-corrected chi connectivity index (χ4v) is 2.38. The third-order valence-corrected chi connectivity index (χ3v) is 3.89. The maximum absolute atomic E-state index is 11.6. The van der Waals surface area contributed by atoms with Crippen molar-refractivity contribution in [2.24, 2.45) is 0 Å². The predicted molar refractivity (Wildman–Crippen MR) is 78.3 cm³/mol. The Morgan fingerprint density at radius 2 is 1.63 bits per heavy atom. The second-order valence-corrected chi connectivity index (χ2v) is 5.52. The molecular weight excluding hydrogens is 238 g/mol. The standard InChI is InChI=1S/C16H25NO2/c1-10-9-11(2)13(4)16(12(10)3)14(18)7-8-15(19)17(5)6/h9,14,18H,7-8H2,1-6H3. The highest BCUT2D eigenvalue weighted by atomic mass is 16.3. The summed E-state index contributed by atoms with van der Waals surface area (Å²) in [5.74, 6) is 0.0544. The lowest BCUT2D eigenvalue weighted by molar-refractivity contribution is -0.129. The summed E-state index contributed by atoms with van der Waals surface area (Å²) < 4.78 is 0. The van der Waals surface area contributed by atoms with Crippen LogP contribution in [0.15, 0.2) is 6.07 Å². The molecule has 1 N–H and O–H groups in total. The Bertz CT molecular complexity index is 452. The molecular formula is C16H25NO2. The first kappa shape index (κ1) is 15.7. The van der Waals surface area contributed by atoms with E-state index in [9.17, 15) is 9.90 Å². The Balaban J connectivity index is 2.94. The van der Waals surface area contributed by atoms with E-state index in [0.717, 1.165) is 16.7 Å². The van der Waals surface area contributed by atoms with Crippen molar-refractivity contribution in [3.05, 3.63) is 33.9 Å². The van der Waals surface area contributed by atoms with E-state index >= 15 is 0 Å². The highest BCUT2D eigenvalue weighted by Gasteiger charge is 2.18. The number of carbonyl (C=O) groups is 1. The number of aryl methyl sites for hydroxylation is 2. The maximum atomic E-state index is 11.6. The molecule has 0 radical (unpaired) electrons. The van der Waals surface area contributed by atoms with Crippen molar-refractivity contribution >= 4 is 5.91 Å². The van der Waals surface area contributed by atoms with Gasteiger partial charge < -0.3 is 10.0 Å². The van der Waals surface area contributed by atoms with Gasteiger partial charge in [0.25, 0.3) is 0 Å². The average molecular weight is 263 g/mol. The van der Waals surface area contributed by atoms with Crippen molar-refractivity contribution in [1.29, 1.82) is 0 Å². The maximum Gasteiger partial charge on any atom is 0.222 e. The number of aliphatic hydroxyl groups is 1. The fraction of sp³-hybridized carbons (Fsp3) is 0.562. The molecule has 0 aliphatic carbocycles. The summed E-state index contributed by atoms with van der Waals surface area (Å²) >= 11 is 0. The number of aliphatic hydroxyl groups excluding tert-OH is 1. The van der Waals surface area contributed by atoms with Crippen molar-refractivity contribution < 1.29 is 9.90 Å². The summed E-state index contributed by atoms with van der Waals surface area (Å²) in [7, 11) is 3.48. The first-order valence-corrected chi connectivity index (χ1v) is 6.71. The van der Waals surface area contributed by atoms with Crippen LogP contribution in [0, 0.1) is 27.7 Å². The summed E-state index contributed by atoms with van der Waals surface area (Å²) in [6.07, 6.45) is 0.282. The van der Waals surface area contributed by atoms with Crippen LogP contribution >= 0.6 is 0 Å². The molecule has 0 aliphatic heterocycles. The number of nitrogens with zero attached hydrogens (tertiary/aromatic N) is 1. The molecule has 0 aromatic heterocycles. The molecule has 1 unspecified atom stereocenters. The van der Waals surface area contributed by atoms with E-state index in [-0.39, 0.29) is 5.91 Å². The molecule has 1 aromatic rings. The van der Waals surface area contributed by atoms with Gasteiger partial charge in [-0.15, -0.1) is 0 Å². The zero-order valence-corrected chi connectivity index (χ0v) is 12.9. The number of hydrogen-bond donors (Lipinski definition) is 1. The minimum absolute atomic E-state index is 0.0544. The van der Waals surface area contributed by atoms with Gasteiger partial charge in [0, 0.05) is 20.5 Å². The van der Waals surface area contributed by atoms with Gasteiger partial charge in [-0.05, 0) is 61.9 Å². The molecule has 19 heavy (non-hydrogen) atoms. The normalized spacial score (nSPS) is 12.4. The molecule has 106 valence electrons. The largest absolute Gasteiger partial charge is 0.388 e. The lowest BCUT2D eigenvalue weighted by Crippen LogP contribution is -2.22. The van der Waals surface area contributed by atoms with Crippen LogP contribution in [-0.4, -0.2) is 30.0 Å². The zero-order valence-electron chi connectivity index (χ0n) is 12.9. The minimum atomic E-state index is -0.567. The summed E-state index contributed by atoms with van der Waals surface area (Å²) in [5, 5.41) is 10.4. The van der Waals surface area contributed by atoms with E-state index in [1.54, 1.807) is 19.0 Å². The summed E-state index contributed by atoms with van der Waals surface area (Å²) in [5.41, 5.74) is 5.64. The monoisotopic (exact) mass is 263 g/mol. The predicted octanol–water partition coefficient (Wildman–Crippen LogP) is 2.82. The van der Waals surface area contributed by atoms with Crippen LogP contribution < -0.4 is 0 Å². The summed E-state index contributed by atoms with van der Waals surface area (Å²) in [6.45, 7) is 8.19. The summed E-state index contributed by atoms with van der Waals surface area (Å²) in [6, 6.07) is 2.14. The molecule has 3 heteroatoms. The number of carbonyl (C=O) groups excluding carboxylic acids is 1. The van der Waals surface area contributed by atoms with E-state index in [1.807, 2.05) is 13.8 Å². The third kappa shape index (κ3) is 3.57. The van der Waals surface area contributed by atoms with E-state index in [1.165, 1.54) is 11.1 Å². The Hall–Kier alpha value is -1.35. The van der Waals surface area contributed by atoms with E-state index in [0.29, 0.717) is 12.8 Å². The van der Waals surface area contributed by atoms with Gasteiger partial charge in [0.2, 0.25) is 5.91 Å². The van der Waals surface area contributed by atoms with Crippen molar-refractivity contribution in [3.63, 3.8) is 0 Å². The van der Waals surface area contributed by atoms with Crippen LogP contribution in [0.1, 0.15) is 46.8 Å². The van der Waals surface area contributed by atoms with Crippen molar-refractivity contribution in [1.82, 2.24) is 4.90 Å². The van der Waals surface area contributed by atoms with Crippen molar-refractivity contribution in [2.45, 2.75) is 46.6 Å². The highest BCUT2D eigenvalue weighted by molar-refractivity contribution is 5.75. The number of benzene rings is 1. The van der Waals surface area contributed by atoms with Crippen LogP contribution in [0.5, 0.6) is 0 Å². The Morgan fingerprint density at radius 3 is 2.05 bits per heavy atom. The Morgan fingerprint density at radius 1 is 1.16 bits per heavy atom. The molecule has 3 nitrogen and oxygen atoms in total. The van der Waals surface area contributed by atoms with E-state index in [2.05, 4.69) is 19.9 Å². The fourth-order valence-electron chi connectivity index (χ4n) is 2.38. The van der Waals surface area contributed by atoms with Gasteiger partial charge >= 0.3 is 0 Å². The van der Waals surface area contributed by atoms with Crippen LogP contribution in [0.4, 0.5) is 0 Å². The SMILES string of the molecule is Cc1cc(C)c(C)c(C(O)CCC(=O)N(C)C)c1C. The van der Waals surface area contributed by atoms with Crippen molar-refractivity contribution in [3.8, 4) is 0 Å². The molecule has 0 fully saturated rings. The molecule has 0 saturated heterocycles. The zero-order chi connectivity index (χ0) is 14.7. The van der Waals surface area contributed by atoms with Crippen molar-refractivity contribution in [2.75, 3.05) is 14.1 Å². The molecule has 0 spiro atoms. The first-order chi connectivity index (χ1) is 8.75. The Labute approximate surface area is 116 Å². The molecule has 0 aliphatic rings. The molecule has 1 aromatic carbocycles. The minimum Gasteiger partial charge on any atom is -0.388 e. The van der Waals surface area contributed by atoms with Gasteiger partial charge in [0.05, 0.1) is 6.10 Å². The third-order valence-electron chi connectivity index (χ3n) is 3.89. The first-order valence-electron chi connectivity index (χ1n) is 6.71. The van der Waals surface area contributed by atoms with Gasteiger partial charge in [-0.2, -0.15) is 0 Å². The van der Waals surface area contributed by atoms with Gasteiger partial charge in [-0.1, -0.05) is 6.07 Å². The molecule has 0 saturated carbocycles. The summed E-state index contributed by atoms with van der Waals surface area (Å²) in [4.78, 5) is 13.2. The second kappa shape index (κ2) is 6.20. The van der Waals surface area contributed by atoms with E-state index in [4.69, 9.17) is 0 Å². The van der Waals surface area contributed by atoms with Crippen LogP contribution in [0.25, 0.3) is 0 Å². The average Bonchev–Trinajstić information content (AvgIpc) is 2.33. The number of rotatable bonds is 4. The second-order valence-electron chi connectivity index (χ2n) is 5.52. The Kier molecular flexibility index (Phi) is 5.12. The molecule has 1 atom stereocenters. The smallest absolute Gasteiger partial charge is 0.222 e. The molecule has 1 amide bonds.